The van der Waals surface area contributed by atoms with Gasteiger partial charge in [0, 0.05) is 19.6 Å². The van der Waals surface area contributed by atoms with E-state index in [-0.39, 0.29) is 32.3 Å². The number of rotatable bonds is 43. The van der Waals surface area contributed by atoms with Gasteiger partial charge in [-0.25, -0.2) is 4.57 Å². The molecule has 0 aromatic heterocycles. The van der Waals surface area contributed by atoms with Crippen molar-refractivity contribution in [2.45, 2.75) is 200 Å². The van der Waals surface area contributed by atoms with Crippen molar-refractivity contribution in [2.75, 3.05) is 33.0 Å². The molecule has 0 saturated heterocycles. The number of ether oxygens (including phenoxy) is 2. The third-order valence-corrected chi connectivity index (χ3v) is 10.4. The Morgan fingerprint density at radius 3 is 1.52 bits per heavy atom. The van der Waals surface area contributed by atoms with Crippen molar-refractivity contribution in [1.29, 1.82) is 0 Å². The summed E-state index contributed by atoms with van der Waals surface area (Å²) in [6.07, 6.45) is 53.8. The van der Waals surface area contributed by atoms with E-state index in [9.17, 15) is 14.3 Å². The fourth-order valence-electron chi connectivity index (χ4n) is 6.10. The van der Waals surface area contributed by atoms with Crippen LogP contribution in [0.15, 0.2) is 60.8 Å². The predicted octanol–water partition coefficient (Wildman–Crippen LogP) is 13.8. The first-order chi connectivity index (χ1) is 27.4. The van der Waals surface area contributed by atoms with Gasteiger partial charge in [-0.2, -0.15) is 0 Å². The summed E-state index contributed by atoms with van der Waals surface area (Å²) in [7, 11) is -4.28. The van der Waals surface area contributed by atoms with Crippen LogP contribution in [0.1, 0.15) is 194 Å². The lowest BCUT2D eigenvalue weighted by Gasteiger charge is -2.20. The van der Waals surface area contributed by atoms with Crippen LogP contribution in [0, 0.1) is 0 Å². The Bertz CT molecular complexity index is 1040. The Hall–Kier alpha value is -1.80. The Morgan fingerprint density at radius 2 is 1.00 bits per heavy atom. The van der Waals surface area contributed by atoms with Crippen LogP contribution in [0.3, 0.4) is 0 Å². The molecule has 2 unspecified atom stereocenters. The van der Waals surface area contributed by atoms with Gasteiger partial charge in [0.05, 0.1) is 19.8 Å². The SMILES string of the molecule is CC/C=C\C/C=C\C/C=C\C/C=C\CCCCCCCCCCCOCC(COP(=O)(O)OCCN)OC(=O)CCCCCCC/C=C\CCCCCCCC. The Balaban J connectivity index is 4.01. The molecular weight excluding hydrogens is 721 g/mol. The fraction of sp³-hybridized carbons (Fsp3) is 0.766. The van der Waals surface area contributed by atoms with Crippen LogP contribution < -0.4 is 5.73 Å². The van der Waals surface area contributed by atoms with Gasteiger partial charge in [0.25, 0.3) is 0 Å². The average molecular weight is 808 g/mol. The average Bonchev–Trinajstić information content (AvgIpc) is 3.19. The topological polar surface area (TPSA) is 117 Å². The third-order valence-electron chi connectivity index (χ3n) is 9.42. The number of phosphoric ester groups is 1. The second kappa shape index (κ2) is 44.3. The van der Waals surface area contributed by atoms with E-state index in [1.807, 2.05) is 0 Å². The van der Waals surface area contributed by atoms with Gasteiger partial charge < -0.3 is 20.1 Å². The van der Waals surface area contributed by atoms with Gasteiger partial charge in [0.1, 0.15) is 6.10 Å². The summed E-state index contributed by atoms with van der Waals surface area (Å²) in [5.74, 6) is -0.342. The number of nitrogens with two attached hydrogens (primary N) is 1. The Labute approximate surface area is 344 Å². The minimum absolute atomic E-state index is 0.0959. The van der Waals surface area contributed by atoms with Crippen LogP contribution in [0.5, 0.6) is 0 Å². The van der Waals surface area contributed by atoms with Gasteiger partial charge in [-0.15, -0.1) is 0 Å². The highest BCUT2D eigenvalue weighted by Crippen LogP contribution is 2.43. The second-order valence-corrected chi connectivity index (χ2v) is 16.3. The monoisotopic (exact) mass is 808 g/mol. The van der Waals surface area contributed by atoms with Crippen molar-refractivity contribution in [1.82, 2.24) is 0 Å². The lowest BCUT2D eigenvalue weighted by atomic mass is 10.1. The molecule has 3 N–H and O–H groups in total. The van der Waals surface area contributed by atoms with E-state index in [1.54, 1.807) is 0 Å². The summed E-state index contributed by atoms with van der Waals surface area (Å²) in [4.78, 5) is 22.5. The van der Waals surface area contributed by atoms with Gasteiger partial charge >= 0.3 is 13.8 Å². The maximum absolute atomic E-state index is 12.6. The lowest BCUT2D eigenvalue weighted by molar-refractivity contribution is -0.154. The van der Waals surface area contributed by atoms with Crippen LogP contribution in [0.2, 0.25) is 0 Å². The van der Waals surface area contributed by atoms with Crippen molar-refractivity contribution in [3.05, 3.63) is 60.8 Å². The molecule has 0 fully saturated rings. The number of esters is 1. The normalized spacial score (nSPS) is 14.0. The highest BCUT2D eigenvalue weighted by atomic mass is 31.2. The van der Waals surface area contributed by atoms with Gasteiger partial charge in [-0.3, -0.25) is 13.8 Å². The quantitative estimate of drug-likeness (QED) is 0.0271. The zero-order valence-electron chi connectivity index (χ0n) is 36.1. The second-order valence-electron chi connectivity index (χ2n) is 14.9. The van der Waals surface area contributed by atoms with E-state index < -0.39 is 13.9 Å². The minimum Gasteiger partial charge on any atom is -0.457 e. The van der Waals surface area contributed by atoms with Gasteiger partial charge in [-0.05, 0) is 77.0 Å². The smallest absolute Gasteiger partial charge is 0.457 e. The molecule has 0 aromatic carbocycles. The summed E-state index contributed by atoms with van der Waals surface area (Å²) >= 11 is 0. The van der Waals surface area contributed by atoms with Crippen LogP contribution in [-0.4, -0.2) is 49.9 Å². The molecule has 0 bridgehead atoms. The number of hydrogen-bond donors (Lipinski definition) is 2. The molecule has 2 atom stereocenters. The molecular formula is C47H86NO7P. The summed E-state index contributed by atoms with van der Waals surface area (Å²) in [6.45, 7) is 4.78. The number of carbonyl (C=O) groups is 1. The third kappa shape index (κ3) is 43.3. The van der Waals surface area contributed by atoms with Crippen molar-refractivity contribution in [2.24, 2.45) is 5.73 Å². The first kappa shape index (κ1) is 54.2. The molecule has 56 heavy (non-hydrogen) atoms. The van der Waals surface area contributed by atoms with E-state index in [0.29, 0.717) is 13.0 Å². The highest BCUT2D eigenvalue weighted by Gasteiger charge is 2.25. The molecule has 0 radical (unpaired) electrons. The maximum atomic E-state index is 12.6. The fourth-order valence-corrected chi connectivity index (χ4v) is 6.87. The molecule has 0 heterocycles. The number of unbranched alkanes of at least 4 members (excludes halogenated alkanes) is 20. The van der Waals surface area contributed by atoms with Gasteiger partial charge in [0.2, 0.25) is 0 Å². The van der Waals surface area contributed by atoms with Crippen molar-refractivity contribution >= 4 is 13.8 Å². The summed E-state index contributed by atoms with van der Waals surface area (Å²) in [5, 5.41) is 0. The first-order valence-corrected chi connectivity index (χ1v) is 24.3. The van der Waals surface area contributed by atoms with Crippen LogP contribution >= 0.6 is 7.82 Å². The Kier molecular flexibility index (Phi) is 42.9. The summed E-state index contributed by atoms with van der Waals surface area (Å²) < 4.78 is 33.5. The van der Waals surface area contributed by atoms with Crippen LogP contribution in [0.4, 0.5) is 0 Å². The van der Waals surface area contributed by atoms with E-state index >= 15 is 0 Å². The van der Waals surface area contributed by atoms with Crippen molar-refractivity contribution in [3.63, 3.8) is 0 Å². The molecule has 9 heteroatoms. The molecule has 0 aromatic rings. The molecule has 8 nitrogen and oxygen atoms in total. The van der Waals surface area contributed by atoms with E-state index in [0.717, 1.165) is 70.6 Å². The van der Waals surface area contributed by atoms with Crippen LogP contribution in [-0.2, 0) is 27.9 Å². The van der Waals surface area contributed by atoms with Gasteiger partial charge in [-0.1, -0.05) is 171 Å². The van der Waals surface area contributed by atoms with Crippen molar-refractivity contribution in [3.8, 4) is 0 Å². The van der Waals surface area contributed by atoms with Crippen LogP contribution in [0.25, 0.3) is 0 Å². The minimum atomic E-state index is -4.28. The molecule has 326 valence electrons. The molecule has 0 rings (SSSR count). The molecule has 0 aliphatic rings. The van der Waals surface area contributed by atoms with Gasteiger partial charge in [0.15, 0.2) is 0 Å². The largest absolute Gasteiger partial charge is 0.472 e. The van der Waals surface area contributed by atoms with Crippen molar-refractivity contribution < 1.29 is 32.8 Å². The maximum Gasteiger partial charge on any atom is 0.472 e. The number of allylic oxidation sites excluding steroid dienone is 10. The summed E-state index contributed by atoms with van der Waals surface area (Å²) in [6, 6.07) is 0. The molecule has 0 amide bonds. The highest BCUT2D eigenvalue weighted by molar-refractivity contribution is 7.47. The van der Waals surface area contributed by atoms with E-state index in [1.165, 1.54) is 103 Å². The molecule has 0 spiro atoms. The van der Waals surface area contributed by atoms with E-state index in [2.05, 4.69) is 74.6 Å². The molecule has 0 aliphatic heterocycles. The number of phosphoric acid groups is 1. The Morgan fingerprint density at radius 1 is 0.554 bits per heavy atom. The molecule has 0 aliphatic carbocycles. The number of hydrogen-bond acceptors (Lipinski definition) is 7. The predicted molar refractivity (Wildman–Crippen MR) is 238 cm³/mol. The summed E-state index contributed by atoms with van der Waals surface area (Å²) in [5.41, 5.74) is 5.37. The van der Waals surface area contributed by atoms with E-state index in [4.69, 9.17) is 24.3 Å². The lowest BCUT2D eigenvalue weighted by Crippen LogP contribution is -2.28. The zero-order chi connectivity index (χ0) is 40.9. The number of carbonyl (C=O) groups excluding carboxylic acids is 1. The molecule has 0 saturated carbocycles. The standard InChI is InChI=1S/C47H86NO7P/c1-3-5-7-9-11-13-15-17-19-20-21-22-23-24-25-27-29-31-33-35-37-39-42-52-44-46(45-54-56(50,51)53-43-41-48)55-47(49)40-38-36-34-32-30-28-26-18-16-14-12-10-8-6-4-2/h5,7,11,13,17-19,21-22,26,46H,3-4,6,8-10,12,14-16,20,23-25,27-45,48H2,1-2H3,(H,50,51)/b7-5-,13-11-,19-17-,22-21-,26-18-. The zero-order valence-corrected chi connectivity index (χ0v) is 37.0. The first-order valence-electron chi connectivity index (χ1n) is 22.8.